The van der Waals surface area contributed by atoms with Gasteiger partial charge in [0.2, 0.25) is 10.0 Å². The fourth-order valence-electron chi connectivity index (χ4n) is 2.30. The lowest BCUT2D eigenvalue weighted by molar-refractivity contribution is 0.0469. The molecule has 9 heteroatoms. The summed E-state index contributed by atoms with van der Waals surface area (Å²) in [6.45, 7) is 3.20. The Kier molecular flexibility index (Phi) is 8.00. The highest BCUT2D eigenvalue weighted by Crippen LogP contribution is 2.30. The monoisotopic (exact) mass is 481 g/mol. The minimum atomic E-state index is -3.57. The van der Waals surface area contributed by atoms with Crippen molar-refractivity contribution in [1.82, 2.24) is 4.72 Å². The second kappa shape index (κ2) is 10.2. The van der Waals surface area contributed by atoms with Crippen molar-refractivity contribution in [1.29, 1.82) is 0 Å². The van der Waals surface area contributed by atoms with Gasteiger partial charge in [0.25, 0.3) is 0 Å². The third-order valence-electron chi connectivity index (χ3n) is 3.76. The first-order valence-corrected chi connectivity index (χ1v) is 10.7. The second-order valence-electron chi connectivity index (χ2n) is 5.78. The van der Waals surface area contributed by atoms with E-state index in [1.54, 1.807) is 12.1 Å². The Bertz CT molecular complexity index is 1020. The van der Waals surface area contributed by atoms with E-state index in [4.69, 9.17) is 9.47 Å². The number of rotatable bonds is 9. The lowest BCUT2D eigenvalue weighted by Gasteiger charge is -2.11. The van der Waals surface area contributed by atoms with Crippen LogP contribution in [0.2, 0.25) is 0 Å². The van der Waals surface area contributed by atoms with Crippen molar-refractivity contribution in [3.63, 3.8) is 0 Å². The van der Waals surface area contributed by atoms with E-state index in [-0.39, 0.29) is 24.5 Å². The van der Waals surface area contributed by atoms with Gasteiger partial charge in [0, 0.05) is 22.5 Å². The Morgan fingerprint density at radius 3 is 2.59 bits per heavy atom. The van der Waals surface area contributed by atoms with Gasteiger partial charge in [-0.1, -0.05) is 46.8 Å². The van der Waals surface area contributed by atoms with Crippen LogP contribution in [0.4, 0.5) is 0 Å². The molecule has 0 fully saturated rings. The van der Waals surface area contributed by atoms with Gasteiger partial charge in [0.05, 0.1) is 7.11 Å². The largest absolute Gasteiger partial charge is 0.507 e. The van der Waals surface area contributed by atoms with E-state index in [9.17, 15) is 18.3 Å². The molecule has 0 radical (unpaired) electrons. The fourth-order valence-corrected chi connectivity index (χ4v) is 3.02. The fraction of sp³-hybridized carbons (Fsp3) is 0.150. The molecule has 0 aromatic heterocycles. The summed E-state index contributed by atoms with van der Waals surface area (Å²) in [5.41, 5.74) is 1.05. The van der Waals surface area contributed by atoms with Crippen molar-refractivity contribution >= 4 is 38.0 Å². The molecule has 2 rings (SSSR count). The van der Waals surface area contributed by atoms with E-state index >= 15 is 0 Å². The third-order valence-corrected chi connectivity index (χ3v) is 5.30. The number of hydrogen-bond donors (Lipinski definition) is 2. The number of nitrogens with one attached hydrogen (secondary N) is 1. The zero-order chi connectivity index (χ0) is 21.4. The van der Waals surface area contributed by atoms with Gasteiger partial charge in [-0.2, -0.15) is 0 Å². The average molecular weight is 482 g/mol. The molecule has 154 valence electrons. The van der Waals surface area contributed by atoms with E-state index in [2.05, 4.69) is 27.2 Å². The summed E-state index contributed by atoms with van der Waals surface area (Å²) in [5.74, 6) is -0.700. The van der Waals surface area contributed by atoms with Gasteiger partial charge in [-0.25, -0.2) is 17.9 Å². The summed E-state index contributed by atoms with van der Waals surface area (Å²) < 4.78 is 36.4. The molecular formula is C20H20BrNO6S. The SMILES string of the molecule is C=CS(=O)(=O)NC/C=C/c1cc(OC)cc(O)c1C(=O)OCc1ccc(Br)cc1. The predicted molar refractivity (Wildman–Crippen MR) is 114 cm³/mol. The van der Waals surface area contributed by atoms with Crippen LogP contribution in [0.5, 0.6) is 11.5 Å². The van der Waals surface area contributed by atoms with E-state index in [0.29, 0.717) is 11.3 Å². The normalized spacial score (nSPS) is 11.4. The van der Waals surface area contributed by atoms with Crippen molar-refractivity contribution in [2.75, 3.05) is 13.7 Å². The molecule has 0 unspecified atom stereocenters. The molecule has 2 aromatic rings. The quantitative estimate of drug-likeness (QED) is 0.530. The first-order valence-electron chi connectivity index (χ1n) is 8.37. The topological polar surface area (TPSA) is 102 Å². The zero-order valence-electron chi connectivity index (χ0n) is 15.6. The number of carbonyl (C=O) groups excluding carboxylic acids is 1. The second-order valence-corrected chi connectivity index (χ2v) is 8.40. The first kappa shape index (κ1) is 22.7. The van der Waals surface area contributed by atoms with Crippen molar-refractivity contribution in [3.8, 4) is 11.5 Å². The number of halogens is 1. The number of hydrogen-bond acceptors (Lipinski definition) is 6. The van der Waals surface area contributed by atoms with Crippen LogP contribution in [0, 0.1) is 0 Å². The molecule has 29 heavy (non-hydrogen) atoms. The lowest BCUT2D eigenvalue weighted by Crippen LogP contribution is -2.20. The standard InChI is InChI=1S/C20H20BrNO6S/c1-3-29(25,26)22-10-4-5-15-11-17(27-2)12-18(23)19(15)20(24)28-13-14-6-8-16(21)9-7-14/h3-9,11-12,22-23H,1,10,13H2,2H3/b5-4+. The van der Waals surface area contributed by atoms with Crippen LogP contribution in [0.25, 0.3) is 6.08 Å². The van der Waals surface area contributed by atoms with Crippen molar-refractivity contribution < 1.29 is 27.8 Å². The molecule has 0 heterocycles. The maximum Gasteiger partial charge on any atom is 0.342 e. The van der Waals surface area contributed by atoms with Crippen molar-refractivity contribution in [2.24, 2.45) is 0 Å². The van der Waals surface area contributed by atoms with Crippen LogP contribution in [-0.2, 0) is 21.4 Å². The van der Waals surface area contributed by atoms with Crippen LogP contribution in [0.3, 0.4) is 0 Å². The summed E-state index contributed by atoms with van der Waals surface area (Å²) in [6, 6.07) is 10.1. The molecule has 0 atom stereocenters. The summed E-state index contributed by atoms with van der Waals surface area (Å²) >= 11 is 3.33. The van der Waals surface area contributed by atoms with Gasteiger partial charge in [0.1, 0.15) is 23.7 Å². The van der Waals surface area contributed by atoms with Crippen LogP contribution in [0.1, 0.15) is 21.5 Å². The van der Waals surface area contributed by atoms with Gasteiger partial charge in [0.15, 0.2) is 0 Å². The highest BCUT2D eigenvalue weighted by Gasteiger charge is 2.19. The summed E-state index contributed by atoms with van der Waals surface area (Å²) in [5, 5.41) is 11.1. The lowest BCUT2D eigenvalue weighted by atomic mass is 10.0. The Morgan fingerprint density at radius 2 is 1.97 bits per heavy atom. The summed E-state index contributed by atoms with van der Waals surface area (Å²) in [4.78, 5) is 12.6. The molecule has 2 N–H and O–H groups in total. The Morgan fingerprint density at radius 1 is 1.28 bits per heavy atom. The number of phenols is 1. The number of methoxy groups -OCH3 is 1. The van der Waals surface area contributed by atoms with Crippen LogP contribution >= 0.6 is 15.9 Å². The van der Waals surface area contributed by atoms with Gasteiger partial charge in [-0.15, -0.1) is 0 Å². The molecule has 7 nitrogen and oxygen atoms in total. The summed E-state index contributed by atoms with van der Waals surface area (Å²) in [7, 11) is -2.15. The minimum Gasteiger partial charge on any atom is -0.507 e. The molecule has 0 aliphatic rings. The molecule has 0 aliphatic carbocycles. The highest BCUT2D eigenvalue weighted by molar-refractivity contribution is 9.10. The first-order chi connectivity index (χ1) is 13.8. The zero-order valence-corrected chi connectivity index (χ0v) is 18.0. The molecule has 0 aliphatic heterocycles. The van der Waals surface area contributed by atoms with Gasteiger partial charge in [-0.3, -0.25) is 0 Å². The maximum atomic E-state index is 12.6. The van der Waals surface area contributed by atoms with Gasteiger partial charge < -0.3 is 14.6 Å². The maximum absolute atomic E-state index is 12.6. The third kappa shape index (κ3) is 6.74. The molecule has 0 saturated heterocycles. The van der Waals surface area contributed by atoms with Crippen molar-refractivity contribution in [2.45, 2.75) is 6.61 Å². The Hall–Kier alpha value is -2.62. The number of carbonyl (C=O) groups is 1. The molecular weight excluding hydrogens is 462 g/mol. The van der Waals surface area contributed by atoms with Crippen LogP contribution < -0.4 is 9.46 Å². The number of aromatic hydroxyl groups is 1. The smallest absolute Gasteiger partial charge is 0.342 e. The molecule has 0 bridgehead atoms. The van der Waals surface area contributed by atoms with Crippen LogP contribution in [-0.4, -0.2) is 33.1 Å². The van der Waals surface area contributed by atoms with Gasteiger partial charge >= 0.3 is 5.97 Å². The van der Waals surface area contributed by atoms with Crippen LogP contribution in [0.15, 0.2) is 58.9 Å². The van der Waals surface area contributed by atoms with Crippen molar-refractivity contribution in [3.05, 3.63) is 75.6 Å². The Balaban J connectivity index is 2.21. The average Bonchev–Trinajstić information content (AvgIpc) is 2.70. The minimum absolute atomic E-state index is 0.0276. The predicted octanol–water partition coefficient (Wildman–Crippen LogP) is 3.60. The summed E-state index contributed by atoms with van der Waals surface area (Å²) in [6.07, 6.45) is 2.98. The van der Waals surface area contributed by atoms with E-state index < -0.39 is 16.0 Å². The molecule has 0 spiro atoms. The van der Waals surface area contributed by atoms with E-state index in [0.717, 1.165) is 15.4 Å². The van der Waals surface area contributed by atoms with Gasteiger partial charge in [-0.05, 0) is 29.3 Å². The number of benzene rings is 2. The molecule has 2 aromatic carbocycles. The molecule has 0 amide bonds. The molecule has 0 saturated carbocycles. The van der Waals surface area contributed by atoms with E-state index in [1.165, 1.54) is 31.4 Å². The number of phenolic OH excluding ortho intramolecular Hbond substituents is 1. The highest BCUT2D eigenvalue weighted by atomic mass is 79.9. The number of ether oxygens (including phenoxy) is 2. The Labute approximate surface area is 177 Å². The van der Waals surface area contributed by atoms with E-state index in [1.807, 2.05) is 12.1 Å². The number of esters is 1. The number of sulfonamides is 1.